The van der Waals surface area contributed by atoms with Gasteiger partial charge in [-0.1, -0.05) is 104 Å². The molecule has 0 heterocycles. The molecule has 0 aromatic carbocycles. The minimum atomic E-state index is -0.954. The van der Waals surface area contributed by atoms with Crippen molar-refractivity contribution in [2.45, 2.75) is 136 Å². The summed E-state index contributed by atoms with van der Waals surface area (Å²) >= 11 is 0. The highest BCUT2D eigenvalue weighted by Gasteiger charge is 1.97. The summed E-state index contributed by atoms with van der Waals surface area (Å²) in [6, 6.07) is 0. The molecule has 0 saturated carbocycles. The van der Waals surface area contributed by atoms with E-state index in [2.05, 4.69) is 13.8 Å². The molecule has 0 spiro atoms. The van der Waals surface area contributed by atoms with Crippen LogP contribution in [0.25, 0.3) is 0 Å². The summed E-state index contributed by atoms with van der Waals surface area (Å²) in [5.74, 6) is -1.32. The number of carboxylic acid groups (broad SMARTS) is 2. The second-order valence-corrected chi connectivity index (χ2v) is 8.26. The van der Waals surface area contributed by atoms with Crippen LogP contribution in [-0.4, -0.2) is 56.8 Å². The standard InChI is InChI=1S/2C11H22O2.C3H8O3/c2*1-2-3-4-5-6-7-8-9-10-11(12)13;4-1-3(6)2-5/h2*2-10H2,1H3,(H,12,13);3-6H,1-2H2. The molecule has 0 unspecified atom stereocenters. The first kappa shape index (κ1) is 35.4. The third-order valence-electron chi connectivity index (χ3n) is 4.91. The summed E-state index contributed by atoms with van der Waals surface area (Å²) in [4.78, 5) is 20.3. The molecule has 0 amide bonds. The summed E-state index contributed by atoms with van der Waals surface area (Å²) in [5.41, 5.74) is 0. The van der Waals surface area contributed by atoms with Gasteiger partial charge in [-0.3, -0.25) is 9.59 Å². The van der Waals surface area contributed by atoms with E-state index in [-0.39, 0.29) is 13.2 Å². The molecule has 0 radical (unpaired) electrons. The van der Waals surface area contributed by atoms with Crippen LogP contribution in [0.3, 0.4) is 0 Å². The molecule has 0 atom stereocenters. The summed E-state index contributed by atoms with van der Waals surface area (Å²) in [6.07, 6.45) is 19.2. The summed E-state index contributed by atoms with van der Waals surface area (Å²) in [5, 5.41) is 40.8. The lowest BCUT2D eigenvalue weighted by Gasteiger charge is -1.99. The lowest BCUT2D eigenvalue weighted by atomic mass is 10.1. The first-order valence-corrected chi connectivity index (χ1v) is 12.7. The molecule has 0 saturated heterocycles. The predicted octanol–water partition coefficient (Wildman–Crippen LogP) is 5.54. The Hall–Kier alpha value is -1.18. The van der Waals surface area contributed by atoms with Crippen molar-refractivity contribution in [1.82, 2.24) is 0 Å². The van der Waals surface area contributed by atoms with Gasteiger partial charge in [-0.25, -0.2) is 0 Å². The van der Waals surface area contributed by atoms with Crippen LogP contribution in [0.15, 0.2) is 0 Å². The monoisotopic (exact) mass is 464 g/mol. The van der Waals surface area contributed by atoms with Crippen molar-refractivity contribution in [2.75, 3.05) is 13.2 Å². The van der Waals surface area contributed by atoms with Gasteiger partial charge in [0.25, 0.3) is 0 Å². The van der Waals surface area contributed by atoms with E-state index in [9.17, 15) is 9.59 Å². The fraction of sp³-hybridized carbons (Fsp3) is 0.920. The first-order valence-electron chi connectivity index (χ1n) is 12.7. The quantitative estimate of drug-likeness (QED) is 0.149. The van der Waals surface area contributed by atoms with Crippen molar-refractivity contribution in [3.8, 4) is 0 Å². The molecule has 5 N–H and O–H groups in total. The van der Waals surface area contributed by atoms with Crippen molar-refractivity contribution in [3.05, 3.63) is 0 Å². The van der Waals surface area contributed by atoms with Crippen molar-refractivity contribution in [3.63, 3.8) is 0 Å². The number of aliphatic hydroxyl groups is 3. The lowest BCUT2D eigenvalue weighted by molar-refractivity contribution is -0.138. The Kier molecular flexibility index (Phi) is 35.4. The number of unbranched alkanes of at least 4 members (excludes halogenated alkanes) is 14. The van der Waals surface area contributed by atoms with Gasteiger partial charge in [0.05, 0.1) is 13.2 Å². The SMILES string of the molecule is CCCCCCCCCCC(=O)O.CCCCCCCCCCC(=O)O.OCC(O)CO. The number of hydrogen-bond donors (Lipinski definition) is 5. The topological polar surface area (TPSA) is 135 Å². The highest BCUT2D eigenvalue weighted by Crippen LogP contribution is 2.10. The number of rotatable bonds is 20. The van der Waals surface area contributed by atoms with Gasteiger partial charge in [0.2, 0.25) is 0 Å². The van der Waals surface area contributed by atoms with Crippen LogP contribution in [0, 0.1) is 0 Å². The highest BCUT2D eigenvalue weighted by atomic mass is 16.4. The van der Waals surface area contributed by atoms with Crippen LogP contribution >= 0.6 is 0 Å². The maximum absolute atomic E-state index is 10.2. The fourth-order valence-electron chi connectivity index (χ4n) is 2.88. The van der Waals surface area contributed by atoms with E-state index in [1.807, 2.05) is 0 Å². The van der Waals surface area contributed by atoms with Gasteiger partial charge in [-0.2, -0.15) is 0 Å². The van der Waals surface area contributed by atoms with Crippen molar-refractivity contribution in [1.29, 1.82) is 0 Å². The third-order valence-corrected chi connectivity index (χ3v) is 4.91. The van der Waals surface area contributed by atoms with E-state index in [4.69, 9.17) is 25.5 Å². The predicted molar refractivity (Wildman–Crippen MR) is 130 cm³/mol. The van der Waals surface area contributed by atoms with Crippen LogP contribution in [0.2, 0.25) is 0 Å². The van der Waals surface area contributed by atoms with Crippen LogP contribution in [0.1, 0.15) is 129 Å². The Balaban J connectivity index is -0.000000422. The molecule has 194 valence electrons. The van der Waals surface area contributed by atoms with E-state index in [0.717, 1.165) is 25.7 Å². The summed E-state index contributed by atoms with van der Waals surface area (Å²) in [6.45, 7) is 3.70. The largest absolute Gasteiger partial charge is 0.481 e. The third kappa shape index (κ3) is 42.8. The first-order chi connectivity index (χ1) is 15.3. The second-order valence-electron chi connectivity index (χ2n) is 8.26. The van der Waals surface area contributed by atoms with Gasteiger partial charge in [-0.05, 0) is 12.8 Å². The molecule has 0 aliphatic carbocycles. The molecular formula is C25H52O7. The maximum Gasteiger partial charge on any atom is 0.303 e. The van der Waals surface area contributed by atoms with Gasteiger partial charge in [0.1, 0.15) is 6.10 Å². The van der Waals surface area contributed by atoms with E-state index < -0.39 is 18.0 Å². The molecule has 0 aliphatic heterocycles. The summed E-state index contributed by atoms with van der Waals surface area (Å²) in [7, 11) is 0. The molecule has 7 heteroatoms. The lowest BCUT2D eigenvalue weighted by Crippen LogP contribution is -2.15. The molecule has 0 fully saturated rings. The van der Waals surface area contributed by atoms with E-state index in [1.165, 1.54) is 77.0 Å². The Morgan fingerprint density at radius 3 is 0.969 bits per heavy atom. The molecule has 0 bridgehead atoms. The Morgan fingerprint density at radius 2 is 0.781 bits per heavy atom. The van der Waals surface area contributed by atoms with Crippen LogP contribution in [0.5, 0.6) is 0 Å². The molecule has 0 aromatic heterocycles. The molecule has 7 nitrogen and oxygen atoms in total. The zero-order chi connectivity index (χ0) is 24.9. The van der Waals surface area contributed by atoms with Crippen LogP contribution in [0.4, 0.5) is 0 Å². The molecule has 32 heavy (non-hydrogen) atoms. The van der Waals surface area contributed by atoms with Gasteiger partial charge < -0.3 is 25.5 Å². The van der Waals surface area contributed by atoms with Crippen molar-refractivity contribution in [2.24, 2.45) is 0 Å². The van der Waals surface area contributed by atoms with E-state index in [0.29, 0.717) is 12.8 Å². The van der Waals surface area contributed by atoms with Crippen molar-refractivity contribution < 1.29 is 35.1 Å². The molecule has 0 aliphatic rings. The Labute approximate surface area is 196 Å². The average molecular weight is 465 g/mol. The Bertz CT molecular complexity index is 341. The molecule has 0 aromatic rings. The molecular weight excluding hydrogens is 412 g/mol. The van der Waals surface area contributed by atoms with Gasteiger partial charge in [0.15, 0.2) is 0 Å². The van der Waals surface area contributed by atoms with Gasteiger partial charge >= 0.3 is 11.9 Å². The van der Waals surface area contributed by atoms with E-state index in [1.54, 1.807) is 0 Å². The number of aliphatic carboxylic acids is 2. The van der Waals surface area contributed by atoms with Crippen LogP contribution < -0.4 is 0 Å². The van der Waals surface area contributed by atoms with Crippen molar-refractivity contribution >= 4 is 11.9 Å². The Morgan fingerprint density at radius 1 is 0.531 bits per heavy atom. The normalized spacial score (nSPS) is 10.2. The zero-order valence-corrected chi connectivity index (χ0v) is 20.8. The minimum Gasteiger partial charge on any atom is -0.481 e. The number of hydrogen-bond acceptors (Lipinski definition) is 5. The smallest absolute Gasteiger partial charge is 0.303 e. The van der Waals surface area contributed by atoms with E-state index >= 15 is 0 Å². The van der Waals surface area contributed by atoms with Gasteiger partial charge in [-0.15, -0.1) is 0 Å². The van der Waals surface area contributed by atoms with Crippen LogP contribution in [-0.2, 0) is 9.59 Å². The minimum absolute atomic E-state index is 0.342. The summed E-state index contributed by atoms with van der Waals surface area (Å²) < 4.78 is 0. The second kappa shape index (κ2) is 32.0. The number of carbonyl (C=O) groups is 2. The molecule has 0 rings (SSSR count). The zero-order valence-electron chi connectivity index (χ0n) is 20.8. The highest BCUT2D eigenvalue weighted by molar-refractivity contribution is 5.66. The number of aliphatic hydroxyl groups excluding tert-OH is 3. The van der Waals surface area contributed by atoms with Gasteiger partial charge in [0, 0.05) is 12.8 Å². The number of carboxylic acids is 2. The maximum atomic E-state index is 10.2. The average Bonchev–Trinajstić information content (AvgIpc) is 2.77. The fourth-order valence-corrected chi connectivity index (χ4v) is 2.88.